The molecule has 0 aromatic heterocycles. The minimum atomic E-state index is -3.05. The van der Waals surface area contributed by atoms with Crippen molar-refractivity contribution in [2.75, 3.05) is 18.8 Å². The van der Waals surface area contributed by atoms with Gasteiger partial charge in [-0.25, -0.2) is 8.42 Å². The zero-order valence-corrected chi connectivity index (χ0v) is 11.8. The first-order valence-corrected chi connectivity index (χ1v) is 7.59. The number of nitrogens with zero attached hydrogens (tertiary/aromatic N) is 1. The Labute approximate surface area is 104 Å². The van der Waals surface area contributed by atoms with Crippen LogP contribution >= 0.6 is 0 Å². The smallest absolute Gasteiger partial charge is 0.304 e. The van der Waals surface area contributed by atoms with Crippen LogP contribution in [-0.4, -0.2) is 54.5 Å². The molecule has 0 aliphatic heterocycles. The molecule has 17 heavy (non-hydrogen) atoms. The summed E-state index contributed by atoms with van der Waals surface area (Å²) in [5.41, 5.74) is 0. The van der Waals surface area contributed by atoms with E-state index in [2.05, 4.69) is 0 Å². The van der Waals surface area contributed by atoms with Crippen LogP contribution in [-0.2, 0) is 14.6 Å². The van der Waals surface area contributed by atoms with Crippen LogP contribution in [0, 0.1) is 0 Å². The van der Waals surface area contributed by atoms with E-state index in [1.807, 2.05) is 11.8 Å². The molecule has 0 aliphatic rings. The second kappa shape index (κ2) is 6.96. The highest BCUT2D eigenvalue weighted by atomic mass is 32.2. The third-order valence-corrected chi connectivity index (χ3v) is 5.07. The molecule has 0 rings (SSSR count). The number of sulfone groups is 1. The topological polar surface area (TPSA) is 74.7 Å². The van der Waals surface area contributed by atoms with E-state index in [1.165, 1.54) is 0 Å². The zero-order valence-electron chi connectivity index (χ0n) is 11.0. The Morgan fingerprint density at radius 2 is 1.82 bits per heavy atom. The molecule has 0 fully saturated rings. The fraction of sp³-hybridized carbons (Fsp3) is 0.909. The Morgan fingerprint density at radius 1 is 1.29 bits per heavy atom. The number of carboxylic acids is 1. The van der Waals surface area contributed by atoms with E-state index >= 15 is 0 Å². The van der Waals surface area contributed by atoms with Gasteiger partial charge in [0.2, 0.25) is 0 Å². The molecule has 1 unspecified atom stereocenters. The predicted octanol–water partition coefficient (Wildman–Crippen LogP) is 0.995. The quantitative estimate of drug-likeness (QED) is 0.708. The van der Waals surface area contributed by atoms with Gasteiger partial charge < -0.3 is 5.11 Å². The van der Waals surface area contributed by atoms with Crippen molar-refractivity contribution in [1.82, 2.24) is 4.90 Å². The van der Waals surface area contributed by atoms with Gasteiger partial charge >= 0.3 is 5.97 Å². The average Bonchev–Trinajstić information content (AvgIpc) is 2.16. The molecule has 0 aromatic carbocycles. The van der Waals surface area contributed by atoms with Crippen LogP contribution in [0.2, 0.25) is 0 Å². The number of hydrogen-bond acceptors (Lipinski definition) is 4. The molecular formula is C11H23NO4S. The zero-order chi connectivity index (χ0) is 13.6. The molecule has 6 heteroatoms. The van der Waals surface area contributed by atoms with E-state index in [-0.39, 0.29) is 23.5 Å². The fourth-order valence-electron chi connectivity index (χ4n) is 1.55. The van der Waals surface area contributed by atoms with Crippen LogP contribution < -0.4 is 0 Å². The molecule has 0 radical (unpaired) electrons. The minimum Gasteiger partial charge on any atom is -0.481 e. The molecule has 0 aromatic rings. The highest BCUT2D eigenvalue weighted by Crippen LogP contribution is 2.07. The molecule has 0 amide bonds. The van der Waals surface area contributed by atoms with Gasteiger partial charge in [-0.15, -0.1) is 0 Å². The lowest BCUT2D eigenvalue weighted by molar-refractivity contribution is -0.138. The van der Waals surface area contributed by atoms with E-state index in [9.17, 15) is 13.2 Å². The molecule has 0 saturated heterocycles. The third kappa shape index (κ3) is 6.02. The first-order valence-electron chi connectivity index (χ1n) is 5.88. The monoisotopic (exact) mass is 265 g/mol. The number of rotatable bonds is 8. The van der Waals surface area contributed by atoms with Crippen molar-refractivity contribution >= 4 is 15.8 Å². The van der Waals surface area contributed by atoms with Crippen molar-refractivity contribution < 1.29 is 18.3 Å². The predicted molar refractivity (Wildman–Crippen MR) is 67.9 cm³/mol. The number of hydrogen-bond donors (Lipinski definition) is 1. The molecule has 1 N–H and O–H groups in total. The maximum absolute atomic E-state index is 11.7. The van der Waals surface area contributed by atoms with E-state index < -0.39 is 15.8 Å². The summed E-state index contributed by atoms with van der Waals surface area (Å²) >= 11 is 0. The molecule has 0 bridgehead atoms. The first-order chi connectivity index (χ1) is 7.70. The summed E-state index contributed by atoms with van der Waals surface area (Å²) in [7, 11) is -3.05. The van der Waals surface area contributed by atoms with Gasteiger partial charge in [0.05, 0.1) is 17.4 Å². The van der Waals surface area contributed by atoms with Gasteiger partial charge in [0.25, 0.3) is 0 Å². The van der Waals surface area contributed by atoms with Crippen molar-refractivity contribution in [2.45, 2.75) is 45.4 Å². The summed E-state index contributed by atoms with van der Waals surface area (Å²) in [6, 6.07) is -0.139. The Hall–Kier alpha value is -0.620. The van der Waals surface area contributed by atoms with E-state index in [0.29, 0.717) is 13.1 Å². The molecule has 0 spiro atoms. The van der Waals surface area contributed by atoms with Crippen molar-refractivity contribution in [3.63, 3.8) is 0 Å². The van der Waals surface area contributed by atoms with Crippen LogP contribution in [0.3, 0.4) is 0 Å². The SMILES string of the molecule is CCN(CCS(=O)(=O)C(C)C)C(C)CC(=O)O. The molecule has 0 aliphatic carbocycles. The second-order valence-electron chi connectivity index (χ2n) is 4.49. The Morgan fingerprint density at radius 3 is 2.18 bits per heavy atom. The summed E-state index contributed by atoms with van der Waals surface area (Å²) in [4.78, 5) is 12.5. The summed E-state index contributed by atoms with van der Waals surface area (Å²) < 4.78 is 23.3. The van der Waals surface area contributed by atoms with Crippen LogP contribution in [0.4, 0.5) is 0 Å². The number of carboxylic acid groups (broad SMARTS) is 1. The van der Waals surface area contributed by atoms with E-state index in [4.69, 9.17) is 5.11 Å². The van der Waals surface area contributed by atoms with Gasteiger partial charge in [-0.1, -0.05) is 6.92 Å². The van der Waals surface area contributed by atoms with E-state index in [1.54, 1.807) is 20.8 Å². The van der Waals surface area contributed by atoms with Crippen LogP contribution in [0.1, 0.15) is 34.1 Å². The van der Waals surface area contributed by atoms with Crippen LogP contribution in [0.5, 0.6) is 0 Å². The Bertz CT molecular complexity index is 337. The molecule has 5 nitrogen and oxygen atoms in total. The van der Waals surface area contributed by atoms with Crippen LogP contribution in [0.25, 0.3) is 0 Å². The van der Waals surface area contributed by atoms with Crippen molar-refractivity contribution in [2.24, 2.45) is 0 Å². The van der Waals surface area contributed by atoms with Gasteiger partial charge in [-0.2, -0.15) is 0 Å². The fourth-order valence-corrected chi connectivity index (χ4v) is 2.51. The van der Waals surface area contributed by atoms with Crippen LogP contribution in [0.15, 0.2) is 0 Å². The van der Waals surface area contributed by atoms with E-state index in [0.717, 1.165) is 0 Å². The van der Waals surface area contributed by atoms with Crippen molar-refractivity contribution in [3.05, 3.63) is 0 Å². The maximum Gasteiger partial charge on any atom is 0.304 e. The molecule has 102 valence electrons. The lowest BCUT2D eigenvalue weighted by Crippen LogP contribution is -2.38. The summed E-state index contributed by atoms with van der Waals surface area (Å²) in [5.74, 6) is -0.773. The minimum absolute atomic E-state index is 0.0373. The van der Waals surface area contributed by atoms with Gasteiger partial charge in [0, 0.05) is 12.6 Å². The maximum atomic E-state index is 11.7. The average molecular weight is 265 g/mol. The molecule has 1 atom stereocenters. The molecule has 0 saturated carbocycles. The Balaban J connectivity index is 4.38. The lowest BCUT2D eigenvalue weighted by atomic mass is 10.2. The molecular weight excluding hydrogens is 242 g/mol. The van der Waals surface area contributed by atoms with Gasteiger partial charge in [0.15, 0.2) is 9.84 Å². The normalized spacial score (nSPS) is 14.2. The number of carbonyl (C=O) groups is 1. The van der Waals surface area contributed by atoms with Gasteiger partial charge in [-0.05, 0) is 27.3 Å². The largest absolute Gasteiger partial charge is 0.481 e. The number of aliphatic carboxylic acids is 1. The third-order valence-electron chi connectivity index (χ3n) is 2.88. The Kier molecular flexibility index (Phi) is 6.70. The summed E-state index contributed by atoms with van der Waals surface area (Å²) in [5, 5.41) is 8.32. The van der Waals surface area contributed by atoms with Gasteiger partial charge in [0.1, 0.15) is 0 Å². The molecule has 0 heterocycles. The van der Waals surface area contributed by atoms with Crippen molar-refractivity contribution in [3.8, 4) is 0 Å². The second-order valence-corrected chi connectivity index (χ2v) is 7.17. The lowest BCUT2D eigenvalue weighted by Gasteiger charge is -2.26. The highest BCUT2D eigenvalue weighted by Gasteiger charge is 2.20. The summed E-state index contributed by atoms with van der Waals surface area (Å²) in [6.07, 6.45) is 0.0373. The summed E-state index contributed by atoms with van der Waals surface area (Å²) in [6.45, 7) is 8.08. The highest BCUT2D eigenvalue weighted by molar-refractivity contribution is 7.92. The van der Waals surface area contributed by atoms with Gasteiger partial charge in [-0.3, -0.25) is 9.69 Å². The van der Waals surface area contributed by atoms with Crippen molar-refractivity contribution in [1.29, 1.82) is 0 Å². The first kappa shape index (κ1) is 16.4. The standard InChI is InChI=1S/C11H23NO4S/c1-5-12(10(4)8-11(13)14)6-7-17(15,16)9(2)3/h9-10H,5-8H2,1-4H3,(H,13,14).